The van der Waals surface area contributed by atoms with E-state index < -0.39 is 0 Å². The zero-order valence-electron chi connectivity index (χ0n) is 3.80. The van der Waals surface area contributed by atoms with Crippen molar-refractivity contribution in [3.63, 3.8) is 0 Å². The van der Waals surface area contributed by atoms with Crippen LogP contribution in [0.25, 0.3) is 0 Å². The van der Waals surface area contributed by atoms with E-state index in [-0.39, 0.29) is 64.9 Å². The van der Waals surface area contributed by atoms with Crippen molar-refractivity contribution >= 4 is 12.0 Å². The Morgan fingerprint density at radius 2 is 2.20 bits per heavy atom. The van der Waals surface area contributed by atoms with Crippen molar-refractivity contribution in [3.8, 4) is 5.40 Å². The fourth-order valence-electron chi connectivity index (χ4n) is 0. The number of nitriles is 1. The van der Waals surface area contributed by atoms with Gasteiger partial charge in [-0.2, -0.15) is 5.26 Å². The molecule has 0 rings (SSSR count). The maximum Gasteiger partial charge on any atom is 1.00 e. The number of hydrogen-bond acceptors (Lipinski definition) is 3. The minimum absolute atomic E-state index is 0. The van der Waals surface area contributed by atoms with Gasteiger partial charge in [0, 0.05) is 0 Å². The van der Waals surface area contributed by atoms with Crippen LogP contribution in [0, 0.1) is 10.7 Å². The van der Waals surface area contributed by atoms with Crippen molar-refractivity contribution in [2.45, 2.75) is 0 Å². The van der Waals surface area contributed by atoms with Gasteiger partial charge >= 0.3 is 51.4 Å². The normalized spacial score (nSPS) is 4.00. The predicted octanol–water partition coefficient (Wildman–Crippen LogP) is -2.21. The average Bonchev–Trinajstić information content (AvgIpc) is 1.37. The summed E-state index contributed by atoms with van der Waals surface area (Å²) in [6.07, 6.45) is 0. The zero-order chi connectivity index (χ0) is 3.41. The van der Waals surface area contributed by atoms with Gasteiger partial charge in [-0.25, -0.2) is 0 Å². The van der Waals surface area contributed by atoms with Gasteiger partial charge in [-0.3, -0.25) is 0 Å². The summed E-state index contributed by atoms with van der Waals surface area (Å²) >= 11 is 0.162. The molecule has 24 valence electrons. The molecule has 0 heterocycles. The number of nitrogens with zero attached hydrogens (tertiary/aromatic N) is 1. The molecular formula is CH2KNOS. The standard InChI is InChI=1S/CHNOS.K.H/c2-1-4-3;;/h3H;;/q;+1;-1. The fourth-order valence-corrected chi connectivity index (χ4v) is 0. The molecule has 0 aromatic carbocycles. The molecule has 5 heavy (non-hydrogen) atoms. The first-order valence-electron chi connectivity index (χ1n) is 0.610. The Balaban J connectivity index is -0.0000000450. The van der Waals surface area contributed by atoms with Crippen molar-refractivity contribution in [3.05, 3.63) is 0 Å². The molecule has 0 bridgehead atoms. The minimum atomic E-state index is 0. The van der Waals surface area contributed by atoms with E-state index in [1.165, 1.54) is 5.40 Å². The Labute approximate surface area is 78.7 Å². The Bertz CT molecular complexity index is 45.3. The summed E-state index contributed by atoms with van der Waals surface area (Å²) in [6.45, 7) is 0. The van der Waals surface area contributed by atoms with Gasteiger partial charge in [0.1, 0.15) is 12.0 Å². The van der Waals surface area contributed by atoms with Crippen LogP contribution in [0.15, 0.2) is 0 Å². The number of hydrogen-bond donors (Lipinski definition) is 1. The monoisotopic (exact) mass is 115 g/mol. The van der Waals surface area contributed by atoms with E-state index in [0.29, 0.717) is 0 Å². The fraction of sp³-hybridized carbons (Fsp3) is 0. The third-order valence-electron chi connectivity index (χ3n) is 0.0408. The summed E-state index contributed by atoms with van der Waals surface area (Å²) in [5.41, 5.74) is 0. The van der Waals surface area contributed by atoms with E-state index in [2.05, 4.69) is 0 Å². The smallest absolute Gasteiger partial charge is 1.00 e. The first-order valence-corrected chi connectivity index (χ1v) is 1.38. The van der Waals surface area contributed by atoms with E-state index in [0.717, 1.165) is 0 Å². The Morgan fingerprint density at radius 3 is 2.20 bits per heavy atom. The molecule has 0 fully saturated rings. The first-order chi connectivity index (χ1) is 1.91. The molecule has 0 aliphatic carbocycles. The number of thiocyanates is 1. The topological polar surface area (TPSA) is 44.0 Å². The summed E-state index contributed by atoms with van der Waals surface area (Å²) in [4.78, 5) is 0. The van der Waals surface area contributed by atoms with Crippen molar-refractivity contribution in [2.75, 3.05) is 0 Å². The van der Waals surface area contributed by atoms with Gasteiger partial charge < -0.3 is 5.98 Å². The maximum absolute atomic E-state index is 7.43. The van der Waals surface area contributed by atoms with Gasteiger partial charge in [0.25, 0.3) is 0 Å². The molecular weight excluding hydrogens is 113 g/mol. The van der Waals surface area contributed by atoms with Gasteiger partial charge in [-0.05, 0) is 0 Å². The third kappa shape index (κ3) is 10.8. The molecule has 4 heteroatoms. The van der Waals surface area contributed by atoms with Crippen molar-refractivity contribution in [1.29, 1.82) is 5.26 Å². The summed E-state index contributed by atoms with van der Waals surface area (Å²) in [5.74, 6) is 0. The maximum atomic E-state index is 7.43. The Kier molecular flexibility index (Phi) is 17.5. The summed E-state index contributed by atoms with van der Waals surface area (Å²) in [7, 11) is 0. The van der Waals surface area contributed by atoms with Crippen molar-refractivity contribution in [1.82, 2.24) is 0 Å². The molecule has 0 aromatic rings. The minimum Gasteiger partial charge on any atom is -1.00 e. The largest absolute Gasteiger partial charge is 1.00 e. The molecule has 2 nitrogen and oxygen atoms in total. The van der Waals surface area contributed by atoms with Gasteiger partial charge in [-0.1, -0.05) is 0 Å². The van der Waals surface area contributed by atoms with Gasteiger partial charge in [-0.15, -0.1) is 0 Å². The second-order valence-corrected chi connectivity index (χ2v) is 0.548. The van der Waals surface area contributed by atoms with Crippen LogP contribution in [0.1, 0.15) is 1.43 Å². The molecule has 0 atom stereocenters. The predicted molar refractivity (Wildman–Crippen MR) is 16.9 cm³/mol. The van der Waals surface area contributed by atoms with Crippen LogP contribution in [0.3, 0.4) is 0 Å². The SMILES string of the molecule is N#CSO.[H-].[K+]. The molecule has 0 radical (unpaired) electrons. The van der Waals surface area contributed by atoms with Crippen LogP contribution in [-0.4, -0.2) is 4.55 Å². The number of rotatable bonds is 0. The van der Waals surface area contributed by atoms with Crippen LogP contribution in [0.5, 0.6) is 0 Å². The van der Waals surface area contributed by atoms with Crippen LogP contribution in [-0.2, 0) is 0 Å². The summed E-state index contributed by atoms with van der Waals surface area (Å²) in [6, 6.07) is 0. The van der Waals surface area contributed by atoms with Crippen LogP contribution in [0.2, 0.25) is 0 Å². The molecule has 1 N–H and O–H groups in total. The van der Waals surface area contributed by atoms with Crippen LogP contribution in [0.4, 0.5) is 0 Å². The van der Waals surface area contributed by atoms with Crippen LogP contribution < -0.4 is 51.4 Å². The Morgan fingerprint density at radius 1 is 2.00 bits per heavy atom. The molecule has 0 amide bonds. The van der Waals surface area contributed by atoms with E-state index in [9.17, 15) is 0 Å². The summed E-state index contributed by atoms with van der Waals surface area (Å²) in [5, 5.41) is 8.74. The van der Waals surface area contributed by atoms with Gasteiger partial charge in [0.15, 0.2) is 5.40 Å². The van der Waals surface area contributed by atoms with E-state index in [4.69, 9.17) is 9.81 Å². The molecule has 0 aliphatic rings. The van der Waals surface area contributed by atoms with E-state index in [1.807, 2.05) is 0 Å². The molecule has 0 unspecified atom stereocenters. The van der Waals surface area contributed by atoms with Gasteiger partial charge in [0.05, 0.1) is 0 Å². The third-order valence-corrected chi connectivity index (χ3v) is 0.122. The average molecular weight is 115 g/mol. The second-order valence-electron chi connectivity index (χ2n) is 0.183. The molecule has 0 saturated heterocycles. The van der Waals surface area contributed by atoms with Crippen molar-refractivity contribution < 1.29 is 57.4 Å². The second kappa shape index (κ2) is 9.06. The molecule has 0 aromatic heterocycles. The Hall–Kier alpha value is 1.44. The molecule has 0 saturated carbocycles. The molecule has 0 spiro atoms. The van der Waals surface area contributed by atoms with Gasteiger partial charge in [0.2, 0.25) is 0 Å². The van der Waals surface area contributed by atoms with E-state index in [1.54, 1.807) is 0 Å². The first kappa shape index (κ1) is 9.67. The zero-order valence-corrected chi connectivity index (χ0v) is 6.74. The summed E-state index contributed by atoms with van der Waals surface area (Å²) < 4.78 is 7.43. The molecule has 0 aliphatic heterocycles. The quantitative estimate of drug-likeness (QED) is 0.221. The van der Waals surface area contributed by atoms with Crippen LogP contribution >= 0.6 is 12.0 Å². The van der Waals surface area contributed by atoms with E-state index >= 15 is 0 Å². The van der Waals surface area contributed by atoms with Crippen molar-refractivity contribution in [2.24, 2.45) is 0 Å².